The highest BCUT2D eigenvalue weighted by Crippen LogP contribution is 2.20. The standard InChI is InChI=1S/C18H20F2N2O5S2/c1-12(13-4-10-16(11-5-13)29(26,27)22(2)3)21-17(23)14-6-8-15(9-7-14)28(24,25)18(19)20/h4-12,18H,1-3H3,(H,21,23). The molecule has 1 unspecified atom stereocenters. The maximum atomic E-state index is 12.6. The summed E-state index contributed by atoms with van der Waals surface area (Å²) in [5.74, 6) is -4.08. The predicted octanol–water partition coefficient (Wildman–Crippen LogP) is 2.42. The zero-order valence-electron chi connectivity index (χ0n) is 15.8. The summed E-state index contributed by atoms with van der Waals surface area (Å²) in [5.41, 5.74) is 0.741. The number of benzene rings is 2. The van der Waals surface area contributed by atoms with Gasteiger partial charge in [-0.1, -0.05) is 12.1 Å². The van der Waals surface area contributed by atoms with E-state index in [1.807, 2.05) is 0 Å². The lowest BCUT2D eigenvalue weighted by atomic mass is 10.1. The molecule has 0 aliphatic carbocycles. The quantitative estimate of drug-likeness (QED) is 0.704. The molecule has 0 aliphatic rings. The minimum Gasteiger partial charge on any atom is -0.346 e. The molecule has 0 radical (unpaired) electrons. The normalized spacial score (nSPS) is 13.5. The second kappa shape index (κ2) is 8.56. The number of sulfonamides is 1. The zero-order chi connectivity index (χ0) is 22.0. The monoisotopic (exact) mass is 446 g/mol. The Bertz CT molecular complexity index is 1080. The van der Waals surface area contributed by atoms with E-state index in [1.54, 1.807) is 19.1 Å². The Morgan fingerprint density at radius 3 is 1.83 bits per heavy atom. The molecule has 0 aromatic heterocycles. The van der Waals surface area contributed by atoms with E-state index >= 15 is 0 Å². The molecular weight excluding hydrogens is 426 g/mol. The first kappa shape index (κ1) is 22.9. The fourth-order valence-corrected chi connectivity index (χ4v) is 4.02. The number of carbonyl (C=O) groups is 1. The first-order valence-corrected chi connectivity index (χ1v) is 11.3. The van der Waals surface area contributed by atoms with Crippen LogP contribution in [0, 0.1) is 0 Å². The van der Waals surface area contributed by atoms with Crippen LogP contribution in [0.5, 0.6) is 0 Å². The van der Waals surface area contributed by atoms with Crippen LogP contribution >= 0.6 is 0 Å². The van der Waals surface area contributed by atoms with Crippen molar-refractivity contribution in [1.82, 2.24) is 9.62 Å². The van der Waals surface area contributed by atoms with Crippen molar-refractivity contribution in [2.45, 2.75) is 28.5 Å². The Morgan fingerprint density at radius 2 is 1.38 bits per heavy atom. The third kappa shape index (κ3) is 4.98. The average molecular weight is 446 g/mol. The van der Waals surface area contributed by atoms with Crippen molar-refractivity contribution in [2.24, 2.45) is 0 Å². The number of nitrogens with one attached hydrogen (secondary N) is 1. The summed E-state index contributed by atoms with van der Waals surface area (Å²) in [6.45, 7) is 1.68. The van der Waals surface area contributed by atoms with Gasteiger partial charge in [0.05, 0.1) is 15.8 Å². The number of rotatable bonds is 7. The van der Waals surface area contributed by atoms with Crippen LogP contribution in [0.15, 0.2) is 58.3 Å². The second-order valence-corrected chi connectivity index (χ2v) is 10.5. The number of nitrogens with zero attached hydrogens (tertiary/aromatic N) is 1. The molecule has 11 heteroatoms. The van der Waals surface area contributed by atoms with Crippen molar-refractivity contribution >= 4 is 25.8 Å². The van der Waals surface area contributed by atoms with Crippen LogP contribution in [0.3, 0.4) is 0 Å². The van der Waals surface area contributed by atoms with Crippen LogP contribution in [-0.4, -0.2) is 46.9 Å². The molecule has 0 fully saturated rings. The number of alkyl halides is 2. The molecular formula is C18H20F2N2O5S2. The van der Waals surface area contributed by atoms with Crippen LogP contribution in [0.2, 0.25) is 0 Å². The Labute approximate surface area is 168 Å². The predicted molar refractivity (Wildman–Crippen MR) is 103 cm³/mol. The minimum atomic E-state index is -4.73. The highest BCUT2D eigenvalue weighted by atomic mass is 32.2. The van der Waals surface area contributed by atoms with Gasteiger partial charge in [0.2, 0.25) is 19.9 Å². The van der Waals surface area contributed by atoms with E-state index in [2.05, 4.69) is 5.32 Å². The van der Waals surface area contributed by atoms with Gasteiger partial charge in [0, 0.05) is 19.7 Å². The minimum absolute atomic E-state index is 0.0943. The first-order chi connectivity index (χ1) is 13.4. The number of hydrogen-bond acceptors (Lipinski definition) is 5. The number of halogens is 2. The largest absolute Gasteiger partial charge is 0.346 e. The fraction of sp³-hybridized carbons (Fsp3) is 0.278. The van der Waals surface area contributed by atoms with Crippen LogP contribution in [0.25, 0.3) is 0 Å². The average Bonchev–Trinajstić information content (AvgIpc) is 2.67. The number of carbonyl (C=O) groups excluding carboxylic acids is 1. The molecule has 7 nitrogen and oxygen atoms in total. The maximum absolute atomic E-state index is 12.6. The summed E-state index contributed by atoms with van der Waals surface area (Å²) in [7, 11) is -5.45. The van der Waals surface area contributed by atoms with E-state index in [0.29, 0.717) is 5.56 Å². The van der Waals surface area contributed by atoms with Crippen LogP contribution < -0.4 is 5.32 Å². The van der Waals surface area contributed by atoms with Gasteiger partial charge in [-0.2, -0.15) is 8.78 Å². The molecule has 0 heterocycles. The highest BCUT2D eigenvalue weighted by Gasteiger charge is 2.26. The van der Waals surface area contributed by atoms with Crippen molar-refractivity contribution in [2.75, 3.05) is 14.1 Å². The lowest BCUT2D eigenvalue weighted by Crippen LogP contribution is -2.27. The molecule has 2 aromatic carbocycles. The zero-order valence-corrected chi connectivity index (χ0v) is 17.5. The Kier molecular flexibility index (Phi) is 6.76. The topological polar surface area (TPSA) is 101 Å². The van der Waals surface area contributed by atoms with Gasteiger partial charge in [-0.3, -0.25) is 4.79 Å². The lowest BCUT2D eigenvalue weighted by Gasteiger charge is -2.16. The molecule has 2 rings (SSSR count). The molecule has 0 bridgehead atoms. The van der Waals surface area contributed by atoms with E-state index in [0.717, 1.165) is 28.6 Å². The van der Waals surface area contributed by atoms with Crippen LogP contribution in [0.4, 0.5) is 8.78 Å². The smallest absolute Gasteiger partial charge is 0.341 e. The molecule has 1 atom stereocenters. The van der Waals surface area contributed by atoms with Gasteiger partial charge in [0.15, 0.2) is 0 Å². The third-order valence-corrected chi connectivity index (χ3v) is 7.41. The molecule has 1 N–H and O–H groups in total. The van der Waals surface area contributed by atoms with E-state index < -0.39 is 42.5 Å². The summed E-state index contributed by atoms with van der Waals surface area (Å²) in [6, 6.07) is 9.69. The summed E-state index contributed by atoms with van der Waals surface area (Å²) in [4.78, 5) is 11.9. The molecule has 0 spiro atoms. The SMILES string of the molecule is CC(NC(=O)c1ccc(S(=O)(=O)C(F)F)cc1)c1ccc(S(=O)(=O)N(C)C)cc1. The van der Waals surface area contributed by atoms with Crippen LogP contribution in [0.1, 0.15) is 28.9 Å². The summed E-state index contributed by atoms with van der Waals surface area (Å²) >= 11 is 0. The Balaban J connectivity index is 2.13. The van der Waals surface area contributed by atoms with E-state index in [1.165, 1.54) is 26.2 Å². The Hall–Kier alpha value is -2.37. The number of hydrogen-bond donors (Lipinski definition) is 1. The van der Waals surface area contributed by atoms with Gasteiger partial charge in [-0.05, 0) is 48.9 Å². The summed E-state index contributed by atoms with van der Waals surface area (Å²) in [6.07, 6.45) is 0. The highest BCUT2D eigenvalue weighted by molar-refractivity contribution is 7.91. The van der Waals surface area contributed by atoms with Gasteiger partial charge in [0.25, 0.3) is 5.91 Å². The molecule has 0 saturated carbocycles. The van der Waals surface area contributed by atoms with Crippen molar-refractivity contribution < 1.29 is 30.4 Å². The van der Waals surface area contributed by atoms with E-state index in [4.69, 9.17) is 0 Å². The van der Waals surface area contributed by atoms with Crippen molar-refractivity contribution in [1.29, 1.82) is 0 Å². The molecule has 29 heavy (non-hydrogen) atoms. The van der Waals surface area contributed by atoms with Gasteiger partial charge in [0.1, 0.15) is 0 Å². The van der Waals surface area contributed by atoms with Crippen molar-refractivity contribution in [3.63, 3.8) is 0 Å². The number of sulfone groups is 1. The van der Waals surface area contributed by atoms with Gasteiger partial charge in [-0.25, -0.2) is 21.1 Å². The van der Waals surface area contributed by atoms with Gasteiger partial charge < -0.3 is 5.32 Å². The van der Waals surface area contributed by atoms with Gasteiger partial charge >= 0.3 is 5.76 Å². The summed E-state index contributed by atoms with van der Waals surface area (Å²) < 4.78 is 73.2. The molecule has 0 saturated heterocycles. The first-order valence-electron chi connectivity index (χ1n) is 8.33. The third-order valence-electron chi connectivity index (χ3n) is 4.19. The van der Waals surface area contributed by atoms with Crippen molar-refractivity contribution in [3.05, 3.63) is 59.7 Å². The molecule has 1 amide bonds. The van der Waals surface area contributed by atoms with Crippen molar-refractivity contribution in [3.8, 4) is 0 Å². The van der Waals surface area contributed by atoms with Gasteiger partial charge in [-0.15, -0.1) is 0 Å². The summed E-state index contributed by atoms with van der Waals surface area (Å²) in [5, 5.41) is 2.68. The molecule has 2 aromatic rings. The van der Waals surface area contributed by atoms with E-state index in [9.17, 15) is 30.4 Å². The van der Waals surface area contributed by atoms with E-state index in [-0.39, 0.29) is 10.5 Å². The fourth-order valence-electron chi connectivity index (χ4n) is 2.40. The second-order valence-electron chi connectivity index (χ2n) is 6.38. The number of amides is 1. The Morgan fingerprint density at radius 1 is 0.897 bits per heavy atom. The molecule has 158 valence electrons. The lowest BCUT2D eigenvalue weighted by molar-refractivity contribution is 0.0939. The maximum Gasteiger partial charge on any atom is 0.341 e. The van der Waals surface area contributed by atoms with Crippen LogP contribution in [-0.2, 0) is 19.9 Å². The molecule has 0 aliphatic heterocycles.